The average molecular weight is 342 g/mol. The highest BCUT2D eigenvalue weighted by molar-refractivity contribution is 5.84. The number of anilines is 1. The Morgan fingerprint density at radius 2 is 2.00 bits per heavy atom. The Morgan fingerprint density at radius 3 is 2.56 bits per heavy atom. The lowest BCUT2D eigenvalue weighted by atomic mass is 10.0. The zero-order valence-corrected chi connectivity index (χ0v) is 16.1. The summed E-state index contributed by atoms with van der Waals surface area (Å²) in [4.78, 5) is 17.2. The Balaban J connectivity index is 1.58. The van der Waals surface area contributed by atoms with Crippen LogP contribution in [0.4, 0.5) is 5.82 Å². The summed E-state index contributed by atoms with van der Waals surface area (Å²) in [7, 11) is 2.07. The van der Waals surface area contributed by atoms with E-state index in [1.807, 2.05) is 12.1 Å². The Hall–Kier alpha value is -1.91. The number of rotatable bonds is 4. The fourth-order valence-electron chi connectivity index (χ4n) is 4.16. The van der Waals surface area contributed by atoms with Crippen LogP contribution >= 0.6 is 0 Å². The number of amides is 1. The minimum absolute atomic E-state index is 0.0988. The third-order valence-electron chi connectivity index (χ3n) is 5.93. The number of nitrogens with zero attached hydrogens (tertiary/aromatic N) is 4. The first-order valence-electron chi connectivity index (χ1n) is 9.26. The first-order chi connectivity index (χ1) is 11.8. The van der Waals surface area contributed by atoms with Crippen LogP contribution < -0.4 is 4.90 Å². The molecule has 0 radical (unpaired) electrons. The van der Waals surface area contributed by atoms with Gasteiger partial charge >= 0.3 is 0 Å². The van der Waals surface area contributed by atoms with Crippen molar-refractivity contribution in [3.05, 3.63) is 30.0 Å². The van der Waals surface area contributed by atoms with Crippen molar-refractivity contribution in [1.29, 1.82) is 0 Å². The lowest BCUT2D eigenvalue weighted by Crippen LogP contribution is -2.46. The lowest BCUT2D eigenvalue weighted by Gasteiger charge is -2.37. The second kappa shape index (κ2) is 6.77. The van der Waals surface area contributed by atoms with E-state index in [2.05, 4.69) is 60.8 Å². The van der Waals surface area contributed by atoms with Crippen LogP contribution in [0.5, 0.6) is 0 Å². The van der Waals surface area contributed by atoms with Crippen LogP contribution in [0.3, 0.4) is 0 Å². The standard InChI is InChI=1S/C20H30N4O/c1-14(2)13-16-18(20(16,3)4)19(25)24-11-8-15(9-12-24)23(5)17-7-6-10-21-22-17/h6-7,10,13,15-16,18H,8-9,11-12H2,1-5H3/t16-,18+/m0/s1. The molecule has 0 spiro atoms. The topological polar surface area (TPSA) is 49.3 Å². The van der Waals surface area contributed by atoms with Crippen molar-refractivity contribution in [2.45, 2.75) is 46.6 Å². The highest BCUT2D eigenvalue weighted by Crippen LogP contribution is 2.60. The number of hydrogen-bond acceptors (Lipinski definition) is 4. The van der Waals surface area contributed by atoms with Crippen molar-refractivity contribution in [1.82, 2.24) is 15.1 Å². The van der Waals surface area contributed by atoms with E-state index in [1.54, 1.807) is 6.20 Å². The molecule has 136 valence electrons. The van der Waals surface area contributed by atoms with E-state index in [4.69, 9.17) is 0 Å². The average Bonchev–Trinajstić information content (AvgIpc) is 3.14. The Labute approximate surface area is 151 Å². The normalized spacial score (nSPS) is 25.4. The number of carbonyl (C=O) groups is 1. The molecule has 0 unspecified atom stereocenters. The number of piperidine rings is 1. The number of allylic oxidation sites excluding steroid dienone is 2. The quantitative estimate of drug-likeness (QED) is 0.789. The van der Waals surface area contributed by atoms with Crippen LogP contribution in [0.15, 0.2) is 30.0 Å². The van der Waals surface area contributed by atoms with E-state index in [1.165, 1.54) is 5.57 Å². The van der Waals surface area contributed by atoms with E-state index in [-0.39, 0.29) is 11.3 Å². The van der Waals surface area contributed by atoms with Crippen molar-refractivity contribution in [2.75, 3.05) is 25.0 Å². The first kappa shape index (κ1) is 17.9. The predicted molar refractivity (Wildman–Crippen MR) is 100 cm³/mol. The molecule has 2 aliphatic rings. The zero-order valence-electron chi connectivity index (χ0n) is 16.1. The molecule has 0 N–H and O–H groups in total. The minimum atomic E-state index is 0.0988. The van der Waals surface area contributed by atoms with Crippen LogP contribution in [0, 0.1) is 17.3 Å². The SMILES string of the molecule is CC(C)=C[C@H]1[C@H](C(=O)N2CCC(N(C)c3cccnn3)CC2)C1(C)C. The monoisotopic (exact) mass is 342 g/mol. The van der Waals surface area contributed by atoms with Crippen LogP contribution in [0.25, 0.3) is 0 Å². The maximum Gasteiger partial charge on any atom is 0.226 e. The molecule has 2 atom stereocenters. The van der Waals surface area contributed by atoms with E-state index >= 15 is 0 Å². The van der Waals surface area contributed by atoms with E-state index < -0.39 is 0 Å². The van der Waals surface area contributed by atoms with Crippen LogP contribution in [-0.4, -0.2) is 47.2 Å². The molecular weight excluding hydrogens is 312 g/mol. The van der Waals surface area contributed by atoms with Gasteiger partial charge in [0.1, 0.15) is 0 Å². The number of hydrogen-bond donors (Lipinski definition) is 0. The van der Waals surface area contributed by atoms with Gasteiger partial charge in [0.15, 0.2) is 5.82 Å². The highest BCUT2D eigenvalue weighted by atomic mass is 16.2. The summed E-state index contributed by atoms with van der Waals surface area (Å²) in [6.07, 6.45) is 5.94. The van der Waals surface area contributed by atoms with Crippen LogP contribution in [0.2, 0.25) is 0 Å². The summed E-state index contributed by atoms with van der Waals surface area (Å²) in [6, 6.07) is 4.32. The molecule has 2 fully saturated rings. The molecule has 1 aliphatic heterocycles. The summed E-state index contributed by atoms with van der Waals surface area (Å²) in [6.45, 7) is 10.3. The summed E-state index contributed by atoms with van der Waals surface area (Å²) < 4.78 is 0. The molecule has 2 heterocycles. The van der Waals surface area contributed by atoms with E-state index in [0.29, 0.717) is 17.9 Å². The molecule has 5 heteroatoms. The van der Waals surface area contributed by atoms with Gasteiger partial charge in [-0.2, -0.15) is 5.10 Å². The third-order valence-corrected chi connectivity index (χ3v) is 5.93. The van der Waals surface area contributed by atoms with Crippen molar-refractivity contribution in [3.8, 4) is 0 Å². The van der Waals surface area contributed by atoms with Gasteiger partial charge in [0.2, 0.25) is 5.91 Å². The number of aromatic nitrogens is 2. The largest absolute Gasteiger partial charge is 0.355 e. The molecule has 1 aromatic rings. The smallest absolute Gasteiger partial charge is 0.226 e. The summed E-state index contributed by atoms with van der Waals surface area (Å²) in [5, 5.41) is 8.15. The second-order valence-electron chi connectivity index (χ2n) is 8.32. The molecule has 1 saturated heterocycles. The molecule has 1 amide bonds. The highest BCUT2D eigenvalue weighted by Gasteiger charge is 2.61. The van der Waals surface area contributed by atoms with E-state index in [0.717, 1.165) is 31.7 Å². The molecule has 1 saturated carbocycles. The van der Waals surface area contributed by atoms with Gasteiger partial charge in [0, 0.05) is 32.4 Å². The number of likely N-dealkylation sites (tertiary alicyclic amines) is 1. The minimum Gasteiger partial charge on any atom is -0.355 e. The maximum absolute atomic E-state index is 13.0. The van der Waals surface area contributed by atoms with Gasteiger partial charge in [0.05, 0.1) is 5.92 Å². The van der Waals surface area contributed by atoms with Crippen molar-refractivity contribution >= 4 is 11.7 Å². The summed E-state index contributed by atoms with van der Waals surface area (Å²) in [5.74, 6) is 1.79. The van der Waals surface area contributed by atoms with Crippen LogP contribution in [-0.2, 0) is 4.79 Å². The fraction of sp³-hybridized carbons (Fsp3) is 0.650. The van der Waals surface area contributed by atoms with Crippen molar-refractivity contribution < 1.29 is 4.79 Å². The Bertz CT molecular complexity index is 643. The molecule has 3 rings (SSSR count). The van der Waals surface area contributed by atoms with Crippen molar-refractivity contribution in [2.24, 2.45) is 17.3 Å². The van der Waals surface area contributed by atoms with Gasteiger partial charge in [0.25, 0.3) is 0 Å². The van der Waals surface area contributed by atoms with Crippen LogP contribution in [0.1, 0.15) is 40.5 Å². The van der Waals surface area contributed by atoms with Gasteiger partial charge in [-0.15, -0.1) is 5.10 Å². The third kappa shape index (κ3) is 3.55. The molecule has 1 aromatic heterocycles. The van der Waals surface area contributed by atoms with Gasteiger partial charge < -0.3 is 9.80 Å². The van der Waals surface area contributed by atoms with Gasteiger partial charge in [-0.05, 0) is 50.2 Å². The maximum atomic E-state index is 13.0. The molecule has 1 aliphatic carbocycles. The van der Waals surface area contributed by atoms with Crippen molar-refractivity contribution in [3.63, 3.8) is 0 Å². The van der Waals surface area contributed by atoms with Gasteiger partial charge in [-0.25, -0.2) is 0 Å². The Morgan fingerprint density at radius 1 is 1.32 bits per heavy atom. The second-order valence-corrected chi connectivity index (χ2v) is 8.32. The molecule has 0 aromatic carbocycles. The first-order valence-corrected chi connectivity index (χ1v) is 9.26. The van der Waals surface area contributed by atoms with Gasteiger partial charge in [-0.1, -0.05) is 25.5 Å². The molecular formula is C20H30N4O. The predicted octanol–water partition coefficient (Wildman–Crippen LogP) is 3.14. The molecule has 0 bridgehead atoms. The lowest BCUT2D eigenvalue weighted by molar-refractivity contribution is -0.134. The number of carbonyl (C=O) groups excluding carboxylic acids is 1. The van der Waals surface area contributed by atoms with Gasteiger partial charge in [-0.3, -0.25) is 4.79 Å². The molecule has 5 nitrogen and oxygen atoms in total. The summed E-state index contributed by atoms with van der Waals surface area (Å²) in [5.41, 5.74) is 1.40. The fourth-order valence-corrected chi connectivity index (χ4v) is 4.16. The Kier molecular flexibility index (Phi) is 4.85. The summed E-state index contributed by atoms with van der Waals surface area (Å²) >= 11 is 0. The zero-order chi connectivity index (χ0) is 18.2. The molecule has 25 heavy (non-hydrogen) atoms. The van der Waals surface area contributed by atoms with E-state index in [9.17, 15) is 4.79 Å².